The van der Waals surface area contributed by atoms with E-state index in [0.717, 1.165) is 16.7 Å². The van der Waals surface area contributed by atoms with E-state index in [2.05, 4.69) is 36.1 Å². The summed E-state index contributed by atoms with van der Waals surface area (Å²) in [5.74, 6) is 5.93. The maximum atomic E-state index is 12.3. The molecule has 0 saturated heterocycles. The summed E-state index contributed by atoms with van der Waals surface area (Å²) in [6, 6.07) is 25.3. The Morgan fingerprint density at radius 2 is 1.36 bits per heavy atom. The molecule has 0 bridgehead atoms. The molecule has 0 saturated carbocycles. The molecule has 3 aromatic carbocycles. The SMILES string of the molecule is O=C1c2ccccc2C(=O)N1CCCC#Cc1cccc(-c2ccccc2)c1. The highest BCUT2D eigenvalue weighted by molar-refractivity contribution is 6.21. The van der Waals surface area contributed by atoms with E-state index >= 15 is 0 Å². The summed E-state index contributed by atoms with van der Waals surface area (Å²) in [4.78, 5) is 26.0. The lowest BCUT2D eigenvalue weighted by molar-refractivity contribution is 0.0653. The molecule has 0 atom stereocenters. The normalized spacial score (nSPS) is 12.5. The van der Waals surface area contributed by atoms with Gasteiger partial charge in [0.2, 0.25) is 0 Å². The van der Waals surface area contributed by atoms with Gasteiger partial charge in [0.1, 0.15) is 0 Å². The van der Waals surface area contributed by atoms with E-state index in [1.165, 1.54) is 4.90 Å². The second-order valence-corrected chi connectivity index (χ2v) is 6.66. The molecule has 28 heavy (non-hydrogen) atoms. The standard InChI is InChI=1S/C25H19NO2/c27-24-22-15-6-7-16-23(22)25(28)26(24)17-8-2-3-10-19-11-9-14-21(18-19)20-12-4-1-5-13-20/h1,4-7,9,11-16,18H,2,8,17H2. The molecule has 0 N–H and O–H groups in total. The van der Waals surface area contributed by atoms with Gasteiger partial charge in [-0.3, -0.25) is 14.5 Å². The molecule has 1 aliphatic heterocycles. The zero-order valence-corrected chi connectivity index (χ0v) is 15.4. The molecular weight excluding hydrogens is 346 g/mol. The molecule has 1 aliphatic rings. The van der Waals surface area contributed by atoms with Gasteiger partial charge in [0, 0.05) is 18.5 Å². The van der Waals surface area contributed by atoms with Crippen LogP contribution in [0.5, 0.6) is 0 Å². The Morgan fingerprint density at radius 3 is 2.07 bits per heavy atom. The van der Waals surface area contributed by atoms with Crippen LogP contribution in [-0.2, 0) is 0 Å². The fourth-order valence-corrected chi connectivity index (χ4v) is 3.34. The molecule has 136 valence electrons. The molecule has 1 heterocycles. The molecule has 0 radical (unpaired) electrons. The fraction of sp³-hybridized carbons (Fsp3) is 0.120. The van der Waals surface area contributed by atoms with E-state index in [1.807, 2.05) is 30.3 Å². The number of hydrogen-bond donors (Lipinski definition) is 0. The minimum Gasteiger partial charge on any atom is -0.274 e. The van der Waals surface area contributed by atoms with Gasteiger partial charge in [-0.1, -0.05) is 66.4 Å². The number of carbonyl (C=O) groups excluding carboxylic acids is 2. The van der Waals surface area contributed by atoms with Crippen molar-refractivity contribution in [3.05, 3.63) is 95.6 Å². The zero-order valence-electron chi connectivity index (χ0n) is 15.4. The summed E-state index contributed by atoms with van der Waals surface area (Å²) in [7, 11) is 0. The van der Waals surface area contributed by atoms with Crippen molar-refractivity contribution in [2.45, 2.75) is 12.8 Å². The van der Waals surface area contributed by atoms with Crippen LogP contribution < -0.4 is 0 Å². The molecular formula is C25H19NO2. The number of carbonyl (C=O) groups is 2. The van der Waals surface area contributed by atoms with Crippen molar-refractivity contribution in [2.75, 3.05) is 6.54 Å². The van der Waals surface area contributed by atoms with Gasteiger partial charge in [-0.05, 0) is 41.8 Å². The van der Waals surface area contributed by atoms with Crippen molar-refractivity contribution in [3.8, 4) is 23.0 Å². The Hall–Kier alpha value is -3.64. The molecule has 3 heteroatoms. The minimum absolute atomic E-state index is 0.205. The maximum absolute atomic E-state index is 12.3. The third-order valence-electron chi connectivity index (χ3n) is 4.76. The maximum Gasteiger partial charge on any atom is 0.261 e. The average molecular weight is 365 g/mol. The van der Waals surface area contributed by atoms with E-state index in [4.69, 9.17) is 0 Å². The summed E-state index contributed by atoms with van der Waals surface area (Å²) < 4.78 is 0. The monoisotopic (exact) mass is 365 g/mol. The lowest BCUT2D eigenvalue weighted by Gasteiger charge is -2.12. The van der Waals surface area contributed by atoms with Gasteiger partial charge in [0.15, 0.2) is 0 Å². The molecule has 2 amide bonds. The van der Waals surface area contributed by atoms with E-state index in [0.29, 0.717) is 30.5 Å². The quantitative estimate of drug-likeness (QED) is 0.379. The number of rotatable bonds is 4. The van der Waals surface area contributed by atoms with Crippen molar-refractivity contribution < 1.29 is 9.59 Å². The van der Waals surface area contributed by atoms with Crippen LogP contribution in [0.15, 0.2) is 78.9 Å². The molecule has 0 aromatic heterocycles. The van der Waals surface area contributed by atoms with Crippen LogP contribution >= 0.6 is 0 Å². The second kappa shape index (κ2) is 7.94. The highest BCUT2D eigenvalue weighted by Gasteiger charge is 2.34. The van der Waals surface area contributed by atoms with E-state index in [1.54, 1.807) is 24.3 Å². The van der Waals surface area contributed by atoms with Crippen LogP contribution in [0.2, 0.25) is 0 Å². The number of nitrogens with zero attached hydrogens (tertiary/aromatic N) is 1. The predicted octanol–water partition coefficient (Wildman–Crippen LogP) is 4.78. The lowest BCUT2D eigenvalue weighted by atomic mass is 10.0. The minimum atomic E-state index is -0.205. The number of imide groups is 1. The number of hydrogen-bond acceptors (Lipinski definition) is 2. The molecule has 0 aliphatic carbocycles. The first kappa shape index (κ1) is 17.8. The van der Waals surface area contributed by atoms with Crippen LogP contribution in [0, 0.1) is 11.8 Å². The van der Waals surface area contributed by atoms with Gasteiger partial charge < -0.3 is 0 Å². The summed E-state index contributed by atoms with van der Waals surface area (Å²) in [5, 5.41) is 0. The Labute approximate surface area is 164 Å². The van der Waals surface area contributed by atoms with Crippen molar-refractivity contribution in [3.63, 3.8) is 0 Å². The number of amides is 2. The second-order valence-electron chi connectivity index (χ2n) is 6.66. The van der Waals surface area contributed by atoms with Gasteiger partial charge in [-0.2, -0.15) is 0 Å². The first-order valence-corrected chi connectivity index (χ1v) is 9.33. The van der Waals surface area contributed by atoms with Crippen LogP contribution in [0.1, 0.15) is 39.1 Å². The average Bonchev–Trinajstić information content (AvgIpc) is 2.99. The number of benzene rings is 3. The van der Waals surface area contributed by atoms with Gasteiger partial charge in [0.05, 0.1) is 11.1 Å². The molecule has 3 aromatic rings. The molecule has 0 fully saturated rings. The van der Waals surface area contributed by atoms with Crippen molar-refractivity contribution >= 4 is 11.8 Å². The van der Waals surface area contributed by atoms with Crippen LogP contribution in [0.3, 0.4) is 0 Å². The zero-order chi connectivity index (χ0) is 19.3. The van der Waals surface area contributed by atoms with Crippen molar-refractivity contribution in [1.29, 1.82) is 0 Å². The van der Waals surface area contributed by atoms with E-state index in [-0.39, 0.29) is 11.8 Å². The predicted molar refractivity (Wildman–Crippen MR) is 110 cm³/mol. The Kier molecular flexibility index (Phi) is 5.03. The van der Waals surface area contributed by atoms with Crippen LogP contribution in [0.25, 0.3) is 11.1 Å². The van der Waals surface area contributed by atoms with Crippen molar-refractivity contribution in [1.82, 2.24) is 4.90 Å². The number of unbranched alkanes of at least 4 members (excludes halogenated alkanes) is 1. The third-order valence-corrected chi connectivity index (χ3v) is 4.76. The smallest absolute Gasteiger partial charge is 0.261 e. The van der Waals surface area contributed by atoms with Gasteiger partial charge >= 0.3 is 0 Å². The van der Waals surface area contributed by atoms with Gasteiger partial charge in [-0.25, -0.2) is 0 Å². The van der Waals surface area contributed by atoms with Crippen LogP contribution in [0.4, 0.5) is 0 Å². The third kappa shape index (κ3) is 3.58. The molecule has 3 nitrogen and oxygen atoms in total. The fourth-order valence-electron chi connectivity index (χ4n) is 3.34. The summed E-state index contributed by atoms with van der Waals surface area (Å²) in [6.07, 6.45) is 1.29. The highest BCUT2D eigenvalue weighted by Crippen LogP contribution is 2.23. The molecule has 4 rings (SSSR count). The lowest BCUT2D eigenvalue weighted by Crippen LogP contribution is -2.30. The van der Waals surface area contributed by atoms with Crippen LogP contribution in [-0.4, -0.2) is 23.3 Å². The Morgan fingerprint density at radius 1 is 0.714 bits per heavy atom. The van der Waals surface area contributed by atoms with E-state index < -0.39 is 0 Å². The van der Waals surface area contributed by atoms with E-state index in [9.17, 15) is 9.59 Å². The van der Waals surface area contributed by atoms with Gasteiger partial charge in [0.25, 0.3) is 11.8 Å². The summed E-state index contributed by atoms with van der Waals surface area (Å²) in [6.45, 7) is 0.394. The first-order chi connectivity index (χ1) is 13.7. The Bertz CT molecular complexity index is 1060. The largest absolute Gasteiger partial charge is 0.274 e. The topological polar surface area (TPSA) is 37.4 Å². The molecule has 0 unspecified atom stereocenters. The summed E-state index contributed by atoms with van der Waals surface area (Å²) in [5.41, 5.74) is 4.25. The summed E-state index contributed by atoms with van der Waals surface area (Å²) >= 11 is 0. The van der Waals surface area contributed by atoms with Gasteiger partial charge in [-0.15, -0.1) is 0 Å². The first-order valence-electron chi connectivity index (χ1n) is 9.33. The molecule has 0 spiro atoms. The Balaban J connectivity index is 1.36. The highest BCUT2D eigenvalue weighted by atomic mass is 16.2. The number of fused-ring (bicyclic) bond motifs is 1. The van der Waals surface area contributed by atoms with Crippen molar-refractivity contribution in [2.24, 2.45) is 0 Å².